The summed E-state index contributed by atoms with van der Waals surface area (Å²) in [6.07, 6.45) is -4.83. The molecule has 0 spiro atoms. The molecule has 1 aromatic carbocycles. The van der Waals surface area contributed by atoms with Crippen molar-refractivity contribution in [3.05, 3.63) is 35.9 Å². The predicted octanol–water partition coefficient (Wildman–Crippen LogP) is 0.115. The number of rotatable bonds is 4. The van der Waals surface area contributed by atoms with Gasteiger partial charge in [0, 0.05) is 0 Å². The van der Waals surface area contributed by atoms with Crippen molar-refractivity contribution < 1.29 is 43.4 Å². The Labute approximate surface area is 176 Å². The van der Waals surface area contributed by atoms with E-state index in [9.17, 15) is 10.2 Å². The van der Waals surface area contributed by atoms with E-state index in [0.717, 1.165) is 5.56 Å². The highest BCUT2D eigenvalue weighted by Crippen LogP contribution is 2.25. The van der Waals surface area contributed by atoms with Gasteiger partial charge in [-0.25, -0.2) is 0 Å². The largest absolute Gasteiger partial charge is 0.387 e. The van der Waals surface area contributed by atoms with Crippen LogP contribution < -0.4 is 0 Å². The number of aliphatic hydroxyl groups excluding tert-OH is 2. The van der Waals surface area contributed by atoms with Crippen molar-refractivity contribution in [2.24, 2.45) is 0 Å². The monoisotopic (exact) mass is 428 g/mol. The van der Waals surface area contributed by atoms with Crippen molar-refractivity contribution in [3.8, 4) is 0 Å². The Morgan fingerprint density at radius 1 is 0.767 bits per heavy atom. The van der Waals surface area contributed by atoms with Crippen LogP contribution in [-0.4, -0.2) is 100 Å². The third-order valence-electron chi connectivity index (χ3n) is 4.83. The lowest BCUT2D eigenvalue weighted by atomic mass is 9.99. The zero-order valence-electron chi connectivity index (χ0n) is 17.1. The van der Waals surface area contributed by atoms with E-state index in [2.05, 4.69) is 0 Å². The number of benzene rings is 1. The summed E-state index contributed by atoms with van der Waals surface area (Å²) in [5.74, 6) is 0. The first-order chi connectivity index (χ1) is 14.8. The van der Waals surface area contributed by atoms with Crippen LogP contribution in [0.1, 0.15) is 5.56 Å². The fourth-order valence-electron chi connectivity index (χ4n) is 3.26. The average molecular weight is 428 g/mol. The van der Waals surface area contributed by atoms with E-state index >= 15 is 0 Å². The summed E-state index contributed by atoms with van der Waals surface area (Å²) < 4.78 is 39.4. The molecule has 0 aliphatic carbocycles. The van der Waals surface area contributed by atoms with Gasteiger partial charge in [0.15, 0.2) is 6.29 Å². The number of aliphatic hydroxyl groups is 2. The predicted molar refractivity (Wildman–Crippen MR) is 105 cm³/mol. The molecular formula is C21H32O9. The second-order valence-corrected chi connectivity index (χ2v) is 7.07. The Morgan fingerprint density at radius 3 is 2.03 bits per heavy atom. The molecule has 3 saturated heterocycles. The zero-order chi connectivity index (χ0) is 21.0. The van der Waals surface area contributed by atoms with Crippen LogP contribution in [-0.2, 0) is 39.8 Å². The fraction of sp³-hybridized carbons (Fsp3) is 0.714. The second kappa shape index (κ2) is 13.3. The van der Waals surface area contributed by atoms with Crippen LogP contribution in [0, 0.1) is 0 Å². The average Bonchev–Trinajstić information content (AvgIpc) is 2.77. The van der Waals surface area contributed by atoms with Crippen LogP contribution in [0.5, 0.6) is 0 Å². The third-order valence-corrected chi connectivity index (χ3v) is 4.83. The molecule has 0 aromatic heterocycles. The Hall–Kier alpha value is -1.14. The van der Waals surface area contributed by atoms with E-state index in [1.54, 1.807) is 0 Å². The van der Waals surface area contributed by atoms with E-state index in [4.69, 9.17) is 33.2 Å². The molecule has 30 heavy (non-hydrogen) atoms. The minimum Gasteiger partial charge on any atom is -0.387 e. The molecular weight excluding hydrogens is 396 g/mol. The van der Waals surface area contributed by atoms with Crippen molar-refractivity contribution in [1.82, 2.24) is 0 Å². The zero-order valence-corrected chi connectivity index (χ0v) is 17.1. The Bertz CT molecular complexity index is 571. The molecule has 3 fully saturated rings. The van der Waals surface area contributed by atoms with Crippen LogP contribution >= 0.6 is 0 Å². The van der Waals surface area contributed by atoms with Crippen molar-refractivity contribution >= 4 is 0 Å². The fourth-order valence-corrected chi connectivity index (χ4v) is 3.26. The first-order valence-electron chi connectivity index (χ1n) is 10.4. The molecule has 3 aliphatic rings. The van der Waals surface area contributed by atoms with Gasteiger partial charge in [-0.15, -0.1) is 0 Å². The summed E-state index contributed by atoms with van der Waals surface area (Å²) in [6, 6.07) is 9.75. The number of hydrogen-bond acceptors (Lipinski definition) is 9. The Kier molecular flexibility index (Phi) is 10.4. The minimum atomic E-state index is -1.25. The van der Waals surface area contributed by atoms with Gasteiger partial charge in [0.2, 0.25) is 0 Å². The summed E-state index contributed by atoms with van der Waals surface area (Å²) >= 11 is 0. The molecule has 9 heteroatoms. The maximum Gasteiger partial charge on any atom is 0.186 e. The third kappa shape index (κ3) is 7.52. The van der Waals surface area contributed by atoms with Crippen LogP contribution in [0.25, 0.3) is 0 Å². The molecule has 170 valence electrons. The van der Waals surface area contributed by atoms with Crippen LogP contribution in [0.4, 0.5) is 0 Å². The van der Waals surface area contributed by atoms with Crippen molar-refractivity contribution in [2.45, 2.75) is 37.3 Å². The van der Waals surface area contributed by atoms with Crippen molar-refractivity contribution in [3.63, 3.8) is 0 Å². The van der Waals surface area contributed by atoms with Gasteiger partial charge in [-0.05, 0) is 5.56 Å². The van der Waals surface area contributed by atoms with Gasteiger partial charge < -0.3 is 43.4 Å². The molecule has 9 nitrogen and oxygen atoms in total. The van der Waals surface area contributed by atoms with Crippen LogP contribution in [0.3, 0.4) is 0 Å². The Morgan fingerprint density at radius 2 is 1.37 bits per heavy atom. The maximum absolute atomic E-state index is 10.6. The summed E-state index contributed by atoms with van der Waals surface area (Å²) in [6.45, 7) is 3.46. The van der Waals surface area contributed by atoms with E-state index < -0.39 is 30.7 Å². The number of ether oxygens (including phenoxy) is 7. The quantitative estimate of drug-likeness (QED) is 0.647. The molecule has 2 N–H and O–H groups in total. The minimum absolute atomic E-state index is 0.175. The maximum atomic E-state index is 10.6. The van der Waals surface area contributed by atoms with Gasteiger partial charge in [-0.2, -0.15) is 0 Å². The molecule has 0 radical (unpaired) electrons. The molecule has 4 rings (SSSR count). The van der Waals surface area contributed by atoms with Gasteiger partial charge >= 0.3 is 0 Å². The van der Waals surface area contributed by atoms with E-state index in [1.807, 2.05) is 30.3 Å². The molecule has 3 aliphatic heterocycles. The van der Waals surface area contributed by atoms with Gasteiger partial charge in [-0.3, -0.25) is 0 Å². The molecule has 1 aromatic rings. The topological polar surface area (TPSA) is 105 Å². The van der Waals surface area contributed by atoms with E-state index in [-0.39, 0.29) is 19.8 Å². The smallest absolute Gasteiger partial charge is 0.186 e. The summed E-state index contributed by atoms with van der Waals surface area (Å²) in [5.41, 5.74) is 1.03. The lowest BCUT2D eigenvalue weighted by Gasteiger charge is -2.42. The van der Waals surface area contributed by atoms with E-state index in [0.29, 0.717) is 46.2 Å². The lowest BCUT2D eigenvalue weighted by molar-refractivity contribution is -0.311. The number of hydrogen-bond donors (Lipinski definition) is 2. The Balaban J connectivity index is 1.59. The van der Waals surface area contributed by atoms with Crippen LogP contribution in [0.2, 0.25) is 0 Å². The summed E-state index contributed by atoms with van der Waals surface area (Å²) in [5, 5.41) is 21.1. The standard InChI is InChI=1S/C21H32O9/c22-18-19(23)21-29-13-11-26-9-7-24-6-8-25-10-12-28-20(18)17(30-21)15-27-14-16-4-2-1-3-5-16/h1-5,17-23H,6-15H2/t17-,18-,19-,20-,21+/m1/s1. The highest BCUT2D eigenvalue weighted by atomic mass is 16.7. The van der Waals surface area contributed by atoms with Gasteiger partial charge in [-0.1, -0.05) is 30.3 Å². The molecule has 0 unspecified atom stereocenters. The first-order valence-corrected chi connectivity index (χ1v) is 10.4. The second-order valence-electron chi connectivity index (χ2n) is 7.07. The number of fused-ring (bicyclic) bond motifs is 14. The molecule has 0 amide bonds. The highest BCUT2D eigenvalue weighted by Gasteiger charge is 2.45. The molecule has 3 heterocycles. The van der Waals surface area contributed by atoms with Crippen molar-refractivity contribution in [2.75, 3.05) is 59.5 Å². The summed E-state index contributed by atoms with van der Waals surface area (Å²) in [4.78, 5) is 0. The lowest BCUT2D eigenvalue weighted by Crippen LogP contribution is -2.60. The summed E-state index contributed by atoms with van der Waals surface area (Å²) in [7, 11) is 0. The van der Waals surface area contributed by atoms with Gasteiger partial charge in [0.25, 0.3) is 0 Å². The van der Waals surface area contributed by atoms with E-state index in [1.165, 1.54) is 0 Å². The first kappa shape index (κ1) is 23.5. The van der Waals surface area contributed by atoms with Crippen molar-refractivity contribution in [1.29, 1.82) is 0 Å². The molecule has 2 bridgehead atoms. The highest BCUT2D eigenvalue weighted by molar-refractivity contribution is 5.13. The van der Waals surface area contributed by atoms with Gasteiger partial charge in [0.1, 0.15) is 24.4 Å². The normalized spacial score (nSPS) is 32.5. The van der Waals surface area contributed by atoms with Crippen LogP contribution in [0.15, 0.2) is 30.3 Å². The molecule has 5 atom stereocenters. The van der Waals surface area contributed by atoms with Gasteiger partial charge in [0.05, 0.1) is 66.1 Å². The molecule has 0 saturated carbocycles. The SMILES string of the molecule is O[C@@H]1[C@@H](O)[C@H]2OCCOCCOCCOCCO[C@@H]1[C@@H](COCc1ccccc1)O2.